The minimum absolute atomic E-state index is 0.00943. The minimum atomic E-state index is -0.621. The van der Waals surface area contributed by atoms with Crippen LogP contribution in [0.4, 0.5) is 11.9 Å². The highest BCUT2D eigenvalue weighted by atomic mass is 16.5. The Kier molecular flexibility index (Phi) is 5.74. The van der Waals surface area contributed by atoms with Crippen LogP contribution in [0.2, 0.25) is 0 Å². The van der Waals surface area contributed by atoms with E-state index in [9.17, 15) is 4.79 Å². The van der Waals surface area contributed by atoms with Crippen molar-refractivity contribution in [2.45, 2.75) is 33.2 Å². The molecule has 0 aliphatic heterocycles. The number of esters is 1. The molecular formula is C19H23N5O4. The van der Waals surface area contributed by atoms with E-state index in [-0.39, 0.29) is 36.9 Å². The molecule has 0 amide bonds. The summed E-state index contributed by atoms with van der Waals surface area (Å²) in [5, 5.41) is 0.814. The number of benzene rings is 1. The van der Waals surface area contributed by atoms with Crippen molar-refractivity contribution in [2.24, 2.45) is 0 Å². The first-order valence-corrected chi connectivity index (χ1v) is 8.82. The normalized spacial score (nSPS) is 11.2. The van der Waals surface area contributed by atoms with Gasteiger partial charge in [0.05, 0.1) is 12.7 Å². The second-order valence-electron chi connectivity index (χ2n) is 6.65. The Balaban J connectivity index is 1.82. The molecule has 0 bridgehead atoms. The van der Waals surface area contributed by atoms with Crippen LogP contribution < -0.4 is 10.6 Å². The van der Waals surface area contributed by atoms with Crippen LogP contribution in [0.3, 0.4) is 0 Å². The number of nitrogens with zero attached hydrogens (tertiary/aromatic N) is 4. The standard InChI is InChI=1S/C19H23N5O4/c1-11(2)26-9-13-12-7-5-6-8-14(12)28-16(13)17(25)27-10-15-21-18(20)23-19(22-15)24(3)4/h5-8,11H,9-10H2,1-4H3,(H2,20,21,22,23). The predicted octanol–water partition coefficient (Wildman–Crippen LogP) is 2.55. The van der Waals surface area contributed by atoms with E-state index >= 15 is 0 Å². The summed E-state index contributed by atoms with van der Waals surface area (Å²) in [7, 11) is 3.56. The van der Waals surface area contributed by atoms with Crippen molar-refractivity contribution in [3.05, 3.63) is 41.4 Å². The smallest absolute Gasteiger partial charge is 0.375 e. The largest absolute Gasteiger partial charge is 0.452 e. The summed E-state index contributed by atoms with van der Waals surface area (Å²) in [5.74, 6) is 0.175. The number of nitrogens with two attached hydrogens (primary N) is 1. The summed E-state index contributed by atoms with van der Waals surface area (Å²) in [6.07, 6.45) is 0.00943. The Morgan fingerprint density at radius 2 is 1.93 bits per heavy atom. The molecule has 148 valence electrons. The molecule has 0 atom stereocenters. The van der Waals surface area contributed by atoms with Gasteiger partial charge in [-0.2, -0.15) is 15.0 Å². The number of rotatable bonds is 7. The van der Waals surface area contributed by atoms with Crippen LogP contribution in [0.15, 0.2) is 28.7 Å². The van der Waals surface area contributed by atoms with E-state index in [1.54, 1.807) is 25.1 Å². The van der Waals surface area contributed by atoms with Crippen LogP contribution >= 0.6 is 0 Å². The fourth-order valence-electron chi connectivity index (χ4n) is 2.54. The van der Waals surface area contributed by atoms with Crippen molar-refractivity contribution in [3.8, 4) is 0 Å². The minimum Gasteiger partial charge on any atom is -0.452 e. The molecule has 0 saturated heterocycles. The highest BCUT2D eigenvalue weighted by Crippen LogP contribution is 2.27. The number of carbonyl (C=O) groups excluding carboxylic acids is 1. The van der Waals surface area contributed by atoms with Gasteiger partial charge in [-0.05, 0) is 19.9 Å². The molecular weight excluding hydrogens is 362 g/mol. The number of furan rings is 1. The summed E-state index contributed by atoms with van der Waals surface area (Å²) in [4.78, 5) is 26.6. The Morgan fingerprint density at radius 1 is 1.18 bits per heavy atom. The maximum Gasteiger partial charge on any atom is 0.375 e. The van der Waals surface area contributed by atoms with Gasteiger partial charge < -0.3 is 24.5 Å². The molecule has 0 saturated carbocycles. The number of hydrogen-bond donors (Lipinski definition) is 1. The molecule has 0 unspecified atom stereocenters. The van der Waals surface area contributed by atoms with Crippen molar-refractivity contribution in [1.82, 2.24) is 15.0 Å². The van der Waals surface area contributed by atoms with Crippen LogP contribution in [0.1, 0.15) is 35.8 Å². The maximum absolute atomic E-state index is 12.7. The van der Waals surface area contributed by atoms with Crippen LogP contribution in [0.5, 0.6) is 0 Å². The Morgan fingerprint density at radius 3 is 2.64 bits per heavy atom. The summed E-state index contributed by atoms with van der Waals surface area (Å²) in [6, 6.07) is 7.39. The number of ether oxygens (including phenoxy) is 2. The summed E-state index contributed by atoms with van der Waals surface area (Å²) in [6.45, 7) is 3.93. The summed E-state index contributed by atoms with van der Waals surface area (Å²) < 4.78 is 16.8. The van der Waals surface area contributed by atoms with Gasteiger partial charge in [-0.1, -0.05) is 18.2 Å². The molecule has 0 radical (unpaired) electrons. The Labute approximate surface area is 162 Å². The molecule has 0 fully saturated rings. The van der Waals surface area contributed by atoms with E-state index in [1.165, 1.54) is 0 Å². The fraction of sp³-hybridized carbons (Fsp3) is 0.368. The first kappa shape index (κ1) is 19.6. The lowest BCUT2D eigenvalue weighted by atomic mass is 10.1. The molecule has 0 aliphatic carbocycles. The molecule has 2 N–H and O–H groups in total. The highest BCUT2D eigenvalue weighted by Gasteiger charge is 2.23. The van der Waals surface area contributed by atoms with Gasteiger partial charge in [-0.15, -0.1) is 0 Å². The van der Waals surface area contributed by atoms with Crippen LogP contribution in [0.25, 0.3) is 11.0 Å². The lowest BCUT2D eigenvalue weighted by Gasteiger charge is -2.11. The van der Waals surface area contributed by atoms with Crippen LogP contribution in [-0.2, 0) is 22.7 Å². The Bertz CT molecular complexity index is 984. The third-order valence-corrected chi connectivity index (χ3v) is 3.86. The van der Waals surface area contributed by atoms with Gasteiger partial charge in [0, 0.05) is 25.0 Å². The van der Waals surface area contributed by atoms with Crippen molar-refractivity contribution in [1.29, 1.82) is 0 Å². The van der Waals surface area contributed by atoms with Crippen molar-refractivity contribution in [3.63, 3.8) is 0 Å². The van der Waals surface area contributed by atoms with E-state index in [1.807, 2.05) is 32.0 Å². The quantitative estimate of drug-likeness (QED) is 0.612. The zero-order valence-corrected chi connectivity index (χ0v) is 16.3. The average Bonchev–Trinajstić information content (AvgIpc) is 3.02. The summed E-state index contributed by atoms with van der Waals surface area (Å²) >= 11 is 0. The molecule has 0 spiro atoms. The Hall–Kier alpha value is -3.20. The number of para-hydroxylation sites is 1. The molecule has 28 heavy (non-hydrogen) atoms. The lowest BCUT2D eigenvalue weighted by molar-refractivity contribution is 0.0402. The first-order valence-electron chi connectivity index (χ1n) is 8.82. The van der Waals surface area contributed by atoms with Gasteiger partial charge in [0.2, 0.25) is 17.7 Å². The van der Waals surface area contributed by atoms with Crippen LogP contribution in [0, 0.1) is 0 Å². The third kappa shape index (κ3) is 4.37. The molecule has 3 rings (SSSR count). The molecule has 0 aliphatic rings. The second-order valence-corrected chi connectivity index (χ2v) is 6.65. The number of anilines is 2. The number of fused-ring (bicyclic) bond motifs is 1. The first-order chi connectivity index (χ1) is 13.3. The lowest BCUT2D eigenvalue weighted by Crippen LogP contribution is -2.17. The van der Waals surface area contributed by atoms with E-state index in [0.29, 0.717) is 17.1 Å². The third-order valence-electron chi connectivity index (χ3n) is 3.86. The molecule has 1 aromatic carbocycles. The van der Waals surface area contributed by atoms with Crippen molar-refractivity contribution < 1.29 is 18.7 Å². The van der Waals surface area contributed by atoms with Gasteiger partial charge in [-0.3, -0.25) is 0 Å². The van der Waals surface area contributed by atoms with Crippen LogP contribution in [-0.4, -0.2) is 41.1 Å². The van der Waals surface area contributed by atoms with Gasteiger partial charge in [0.15, 0.2) is 12.4 Å². The van der Waals surface area contributed by atoms with Crippen molar-refractivity contribution >= 4 is 28.8 Å². The molecule has 9 heteroatoms. The van der Waals surface area contributed by atoms with E-state index in [4.69, 9.17) is 19.6 Å². The molecule has 3 aromatic rings. The highest BCUT2D eigenvalue weighted by molar-refractivity contribution is 5.96. The number of hydrogen-bond acceptors (Lipinski definition) is 9. The number of nitrogen functional groups attached to an aromatic ring is 1. The van der Waals surface area contributed by atoms with Gasteiger partial charge in [0.1, 0.15) is 5.58 Å². The average molecular weight is 385 g/mol. The topological polar surface area (TPSA) is 117 Å². The van der Waals surface area contributed by atoms with Gasteiger partial charge in [0.25, 0.3) is 0 Å². The van der Waals surface area contributed by atoms with E-state index in [2.05, 4.69) is 15.0 Å². The monoisotopic (exact) mass is 385 g/mol. The maximum atomic E-state index is 12.7. The van der Waals surface area contributed by atoms with Gasteiger partial charge in [-0.25, -0.2) is 4.79 Å². The number of aromatic nitrogens is 3. The molecule has 2 heterocycles. The SMILES string of the molecule is CC(C)OCc1c(C(=O)OCc2nc(N)nc(N(C)C)n2)oc2ccccc12. The second kappa shape index (κ2) is 8.22. The number of carbonyl (C=O) groups is 1. The zero-order valence-electron chi connectivity index (χ0n) is 16.3. The molecule has 2 aromatic heterocycles. The van der Waals surface area contributed by atoms with E-state index < -0.39 is 5.97 Å². The molecule has 9 nitrogen and oxygen atoms in total. The fourth-order valence-corrected chi connectivity index (χ4v) is 2.54. The zero-order chi connectivity index (χ0) is 20.3. The summed E-state index contributed by atoms with van der Waals surface area (Å²) in [5.41, 5.74) is 6.94. The van der Waals surface area contributed by atoms with Gasteiger partial charge >= 0.3 is 5.97 Å². The van der Waals surface area contributed by atoms with E-state index in [0.717, 1.165) is 5.39 Å². The van der Waals surface area contributed by atoms with Crippen molar-refractivity contribution in [2.75, 3.05) is 24.7 Å². The predicted molar refractivity (Wildman–Crippen MR) is 104 cm³/mol.